The summed E-state index contributed by atoms with van der Waals surface area (Å²) in [4.78, 5) is 49.4. The van der Waals surface area contributed by atoms with Gasteiger partial charge < -0.3 is 9.47 Å². The first-order valence-electron chi connectivity index (χ1n) is 9.12. The summed E-state index contributed by atoms with van der Waals surface area (Å²) in [7, 11) is 0. The Labute approximate surface area is 180 Å². The first kappa shape index (κ1) is 22.0. The predicted molar refractivity (Wildman–Crippen MR) is 109 cm³/mol. The fourth-order valence-corrected chi connectivity index (χ4v) is 2.72. The minimum atomic E-state index is -0.892. The molecule has 3 aromatic rings. The third kappa shape index (κ3) is 5.27. The van der Waals surface area contributed by atoms with Crippen LogP contribution in [0.2, 0.25) is 0 Å². The number of ether oxygens (including phenoxy) is 2. The summed E-state index contributed by atoms with van der Waals surface area (Å²) in [6.07, 6.45) is 0. The number of nitrogens with zero attached hydrogens (tertiary/aromatic N) is 3. The molecule has 0 radical (unpaired) electrons. The van der Waals surface area contributed by atoms with Crippen LogP contribution >= 0.6 is 0 Å². The number of carbonyl (C=O) groups excluding carboxylic acids is 2. The van der Waals surface area contributed by atoms with Crippen LogP contribution in [0.15, 0.2) is 66.7 Å². The molecule has 3 rings (SSSR count). The van der Waals surface area contributed by atoms with Crippen molar-refractivity contribution < 1.29 is 28.9 Å². The van der Waals surface area contributed by atoms with E-state index in [2.05, 4.69) is 4.98 Å². The number of carbonyl (C=O) groups is 2. The van der Waals surface area contributed by atoms with Gasteiger partial charge in [-0.05, 0) is 24.3 Å². The normalized spacial score (nSPS) is 10.2. The van der Waals surface area contributed by atoms with Gasteiger partial charge >= 0.3 is 11.9 Å². The summed E-state index contributed by atoms with van der Waals surface area (Å²) in [6, 6.07) is 15.6. The SMILES string of the molecule is O=C(OCc1ccccc1[N+](=O)[O-])c1cccc(C(=O)OCc2ccccc2[N+](=O)[O-])n1. The molecule has 162 valence electrons. The third-order valence-corrected chi connectivity index (χ3v) is 4.26. The second-order valence-electron chi connectivity index (χ2n) is 6.33. The Morgan fingerprint density at radius 1 is 0.688 bits per heavy atom. The minimum Gasteiger partial charge on any atom is -0.456 e. The van der Waals surface area contributed by atoms with Crippen LogP contribution in [0.1, 0.15) is 32.1 Å². The fraction of sp³-hybridized carbons (Fsp3) is 0.0952. The molecule has 0 atom stereocenters. The zero-order chi connectivity index (χ0) is 23.1. The fourth-order valence-electron chi connectivity index (χ4n) is 2.72. The van der Waals surface area contributed by atoms with Crippen LogP contribution in [0.3, 0.4) is 0 Å². The lowest BCUT2D eigenvalue weighted by atomic mass is 10.2. The van der Waals surface area contributed by atoms with Gasteiger partial charge in [-0.25, -0.2) is 14.6 Å². The van der Waals surface area contributed by atoms with E-state index in [0.29, 0.717) is 0 Å². The molecular weight excluding hydrogens is 422 g/mol. The summed E-state index contributed by atoms with van der Waals surface area (Å²) < 4.78 is 10.2. The molecule has 0 bridgehead atoms. The van der Waals surface area contributed by atoms with Gasteiger partial charge in [0, 0.05) is 12.1 Å². The maximum atomic E-state index is 12.3. The lowest BCUT2D eigenvalue weighted by Crippen LogP contribution is -2.13. The van der Waals surface area contributed by atoms with Crippen molar-refractivity contribution >= 4 is 23.3 Å². The van der Waals surface area contributed by atoms with Crippen LogP contribution in [0.25, 0.3) is 0 Å². The van der Waals surface area contributed by atoms with Crippen LogP contribution in [-0.2, 0) is 22.7 Å². The maximum Gasteiger partial charge on any atom is 0.357 e. The lowest BCUT2D eigenvalue weighted by Gasteiger charge is -2.07. The Morgan fingerprint density at radius 3 is 1.50 bits per heavy atom. The van der Waals surface area contributed by atoms with Gasteiger partial charge in [-0.1, -0.05) is 30.3 Å². The first-order valence-corrected chi connectivity index (χ1v) is 9.12. The van der Waals surface area contributed by atoms with Crippen molar-refractivity contribution in [3.8, 4) is 0 Å². The number of nitro benzene ring substituents is 2. The number of rotatable bonds is 8. The highest BCUT2D eigenvalue weighted by molar-refractivity contribution is 5.91. The predicted octanol–water partition coefficient (Wildman–Crippen LogP) is 3.61. The molecule has 11 nitrogen and oxygen atoms in total. The quantitative estimate of drug-likeness (QED) is 0.292. The molecule has 0 aliphatic carbocycles. The summed E-state index contributed by atoms with van der Waals surface area (Å²) in [5, 5.41) is 22.1. The van der Waals surface area contributed by atoms with Gasteiger partial charge in [-0.15, -0.1) is 0 Å². The van der Waals surface area contributed by atoms with Crippen molar-refractivity contribution in [2.45, 2.75) is 13.2 Å². The molecule has 1 aromatic heterocycles. The van der Waals surface area contributed by atoms with Crippen molar-refractivity contribution in [2.24, 2.45) is 0 Å². The number of hydrogen-bond donors (Lipinski definition) is 0. The molecule has 0 unspecified atom stereocenters. The molecular formula is C21H15N3O8. The van der Waals surface area contributed by atoms with Gasteiger partial charge in [0.1, 0.15) is 24.6 Å². The number of nitro groups is 2. The van der Waals surface area contributed by atoms with E-state index < -0.39 is 21.8 Å². The summed E-state index contributed by atoms with van der Waals surface area (Å²) in [6.45, 7) is -0.714. The van der Waals surface area contributed by atoms with E-state index in [1.807, 2.05) is 0 Å². The highest BCUT2D eigenvalue weighted by Gasteiger charge is 2.19. The molecule has 11 heteroatoms. The van der Waals surface area contributed by atoms with Crippen molar-refractivity contribution in [3.05, 3.63) is 109 Å². The maximum absolute atomic E-state index is 12.3. The van der Waals surface area contributed by atoms with Crippen LogP contribution < -0.4 is 0 Å². The van der Waals surface area contributed by atoms with E-state index in [4.69, 9.17) is 9.47 Å². The second-order valence-corrected chi connectivity index (χ2v) is 6.33. The number of hydrogen-bond acceptors (Lipinski definition) is 9. The molecule has 0 saturated carbocycles. The highest BCUT2D eigenvalue weighted by atomic mass is 16.6. The zero-order valence-electron chi connectivity index (χ0n) is 16.4. The van der Waals surface area contributed by atoms with Crippen LogP contribution in [0, 0.1) is 20.2 Å². The number of pyridine rings is 1. The second kappa shape index (κ2) is 9.89. The Hall–Kier alpha value is -4.67. The molecule has 0 spiro atoms. The molecule has 2 aromatic carbocycles. The van der Waals surface area contributed by atoms with Crippen molar-refractivity contribution in [3.63, 3.8) is 0 Å². The molecule has 0 aliphatic heterocycles. The molecule has 0 saturated heterocycles. The van der Waals surface area contributed by atoms with E-state index in [9.17, 15) is 29.8 Å². The van der Waals surface area contributed by atoms with Gasteiger partial charge in [-0.2, -0.15) is 0 Å². The minimum absolute atomic E-state index is 0.194. The standard InChI is InChI=1S/C21H15N3O8/c25-20(31-12-14-6-1-3-10-18(14)23(27)28)16-8-5-9-17(22-16)21(26)32-13-15-7-2-4-11-19(15)24(29)30/h1-11H,12-13H2. The van der Waals surface area contributed by atoms with E-state index in [1.54, 1.807) is 12.1 Å². The lowest BCUT2D eigenvalue weighted by molar-refractivity contribution is -0.386. The van der Waals surface area contributed by atoms with E-state index >= 15 is 0 Å². The summed E-state index contributed by atoms with van der Waals surface area (Å²) in [5.74, 6) is -1.78. The van der Waals surface area contributed by atoms with Gasteiger partial charge in [-0.3, -0.25) is 20.2 Å². The molecule has 32 heavy (non-hydrogen) atoms. The van der Waals surface area contributed by atoms with Gasteiger partial charge in [0.05, 0.1) is 21.0 Å². The van der Waals surface area contributed by atoms with E-state index in [0.717, 1.165) is 0 Å². The molecule has 0 amide bonds. The summed E-state index contributed by atoms with van der Waals surface area (Å²) >= 11 is 0. The van der Waals surface area contributed by atoms with Gasteiger partial charge in [0.15, 0.2) is 0 Å². The van der Waals surface area contributed by atoms with Crippen molar-refractivity contribution in [2.75, 3.05) is 0 Å². The average molecular weight is 437 g/mol. The molecule has 0 aliphatic rings. The Morgan fingerprint density at radius 2 is 1.09 bits per heavy atom. The number of para-hydroxylation sites is 2. The van der Waals surface area contributed by atoms with Gasteiger partial charge in [0.2, 0.25) is 0 Å². The molecule has 0 fully saturated rings. The third-order valence-electron chi connectivity index (χ3n) is 4.26. The monoisotopic (exact) mass is 437 g/mol. The Kier molecular flexibility index (Phi) is 6.81. The van der Waals surface area contributed by atoms with Crippen molar-refractivity contribution in [1.82, 2.24) is 4.98 Å². The number of benzene rings is 2. The average Bonchev–Trinajstić information content (AvgIpc) is 2.81. The largest absolute Gasteiger partial charge is 0.456 e. The smallest absolute Gasteiger partial charge is 0.357 e. The van der Waals surface area contributed by atoms with E-state index in [1.165, 1.54) is 54.6 Å². The van der Waals surface area contributed by atoms with Crippen LogP contribution in [0.4, 0.5) is 11.4 Å². The number of aromatic nitrogens is 1. The number of esters is 2. The van der Waals surface area contributed by atoms with E-state index in [-0.39, 0.29) is 47.1 Å². The van der Waals surface area contributed by atoms with Crippen LogP contribution in [-0.4, -0.2) is 26.8 Å². The summed E-state index contributed by atoms with van der Waals surface area (Å²) in [5.41, 5.74) is -0.398. The molecule has 0 N–H and O–H groups in total. The first-order chi connectivity index (χ1) is 15.4. The van der Waals surface area contributed by atoms with Crippen molar-refractivity contribution in [1.29, 1.82) is 0 Å². The molecule has 1 heterocycles. The Bertz CT molecular complexity index is 1110. The Balaban J connectivity index is 1.66. The highest BCUT2D eigenvalue weighted by Crippen LogP contribution is 2.20. The van der Waals surface area contributed by atoms with Crippen LogP contribution in [0.5, 0.6) is 0 Å². The zero-order valence-corrected chi connectivity index (χ0v) is 16.4. The topological polar surface area (TPSA) is 152 Å². The van der Waals surface area contributed by atoms with Gasteiger partial charge in [0.25, 0.3) is 11.4 Å².